The molecule has 144 valence electrons. The van der Waals surface area contributed by atoms with Gasteiger partial charge in [0.25, 0.3) is 0 Å². The lowest BCUT2D eigenvalue weighted by atomic mass is 10.0. The number of thioether (sulfide) groups is 1. The monoisotopic (exact) mass is 386 g/mol. The Morgan fingerprint density at radius 1 is 0.963 bits per heavy atom. The summed E-state index contributed by atoms with van der Waals surface area (Å²) in [4.78, 5) is 25.7. The maximum absolute atomic E-state index is 12.5. The standard InChI is InChI=1S/C21H26N2O3S/c1-15(2)19(22-16(3)14-27-18-12-8-5-9-13-18)20(24)23-21(25)26-17-10-6-4-7-11-17/h4-13,15-16,19,22H,14H2,1-3H3,(H,23,24,25)/t16?,19-/m0/s1. The van der Waals surface area contributed by atoms with E-state index in [-0.39, 0.29) is 17.9 Å². The van der Waals surface area contributed by atoms with Gasteiger partial charge < -0.3 is 10.1 Å². The summed E-state index contributed by atoms with van der Waals surface area (Å²) in [7, 11) is 0. The summed E-state index contributed by atoms with van der Waals surface area (Å²) in [6.45, 7) is 5.91. The number of carbonyl (C=O) groups is 2. The van der Waals surface area contributed by atoms with Crippen LogP contribution in [0.3, 0.4) is 0 Å². The van der Waals surface area contributed by atoms with Crippen molar-refractivity contribution in [1.29, 1.82) is 0 Å². The number of carbonyl (C=O) groups excluding carboxylic acids is 2. The average molecular weight is 387 g/mol. The molecule has 2 aromatic carbocycles. The fraction of sp³-hybridized carbons (Fsp3) is 0.333. The second-order valence-electron chi connectivity index (χ2n) is 6.61. The molecule has 0 fully saturated rings. The van der Waals surface area contributed by atoms with Crippen LogP contribution in [0.2, 0.25) is 0 Å². The van der Waals surface area contributed by atoms with Gasteiger partial charge in [0.1, 0.15) is 5.75 Å². The first-order chi connectivity index (χ1) is 13.0. The lowest BCUT2D eigenvalue weighted by molar-refractivity contribution is -0.123. The van der Waals surface area contributed by atoms with Gasteiger partial charge in [0.2, 0.25) is 5.91 Å². The van der Waals surface area contributed by atoms with E-state index in [1.54, 1.807) is 36.0 Å². The van der Waals surface area contributed by atoms with Gasteiger partial charge in [-0.05, 0) is 37.1 Å². The van der Waals surface area contributed by atoms with E-state index in [2.05, 4.69) is 22.8 Å². The van der Waals surface area contributed by atoms with Crippen LogP contribution in [0, 0.1) is 5.92 Å². The van der Waals surface area contributed by atoms with Crippen molar-refractivity contribution in [2.45, 2.75) is 37.8 Å². The predicted molar refractivity (Wildman–Crippen MR) is 109 cm³/mol. The minimum atomic E-state index is -0.773. The highest BCUT2D eigenvalue weighted by molar-refractivity contribution is 7.99. The minimum absolute atomic E-state index is 0.0266. The lowest BCUT2D eigenvalue weighted by Crippen LogP contribution is -2.52. The fourth-order valence-corrected chi connectivity index (χ4v) is 3.35. The maximum atomic E-state index is 12.5. The molecule has 0 spiro atoms. The molecule has 27 heavy (non-hydrogen) atoms. The Kier molecular flexibility index (Phi) is 8.36. The normalized spacial score (nSPS) is 13.0. The van der Waals surface area contributed by atoms with Gasteiger partial charge in [0.05, 0.1) is 6.04 Å². The van der Waals surface area contributed by atoms with E-state index in [0.717, 1.165) is 5.75 Å². The molecular formula is C21H26N2O3S. The van der Waals surface area contributed by atoms with E-state index in [1.807, 2.05) is 45.0 Å². The Morgan fingerprint density at radius 3 is 2.15 bits per heavy atom. The van der Waals surface area contributed by atoms with Crippen LogP contribution in [-0.2, 0) is 4.79 Å². The van der Waals surface area contributed by atoms with Crippen molar-refractivity contribution in [3.63, 3.8) is 0 Å². The van der Waals surface area contributed by atoms with Crippen molar-refractivity contribution >= 4 is 23.8 Å². The number of hydrogen-bond donors (Lipinski definition) is 2. The topological polar surface area (TPSA) is 67.4 Å². The summed E-state index contributed by atoms with van der Waals surface area (Å²) < 4.78 is 5.12. The number of amides is 2. The largest absolute Gasteiger partial charge is 0.419 e. The number of ether oxygens (including phenoxy) is 1. The number of para-hydroxylation sites is 1. The molecule has 0 saturated carbocycles. The first kappa shape index (κ1) is 21.0. The maximum Gasteiger partial charge on any atom is 0.419 e. The van der Waals surface area contributed by atoms with Crippen molar-refractivity contribution in [2.75, 3.05) is 5.75 Å². The minimum Gasteiger partial charge on any atom is -0.410 e. The molecule has 0 radical (unpaired) electrons. The molecule has 0 heterocycles. The summed E-state index contributed by atoms with van der Waals surface area (Å²) >= 11 is 1.72. The Morgan fingerprint density at radius 2 is 1.56 bits per heavy atom. The van der Waals surface area contributed by atoms with Gasteiger partial charge in [0.15, 0.2) is 0 Å². The van der Waals surface area contributed by atoms with E-state index in [1.165, 1.54) is 4.90 Å². The number of hydrogen-bond acceptors (Lipinski definition) is 5. The molecule has 2 aromatic rings. The zero-order valence-corrected chi connectivity index (χ0v) is 16.7. The second-order valence-corrected chi connectivity index (χ2v) is 7.70. The molecule has 0 bridgehead atoms. The zero-order chi connectivity index (χ0) is 19.6. The quantitative estimate of drug-likeness (QED) is 0.669. The molecule has 2 N–H and O–H groups in total. The summed E-state index contributed by atoms with van der Waals surface area (Å²) in [6.07, 6.45) is -0.773. The van der Waals surface area contributed by atoms with Crippen LogP contribution >= 0.6 is 11.8 Å². The van der Waals surface area contributed by atoms with Crippen LogP contribution in [0.25, 0.3) is 0 Å². The Bertz CT molecular complexity index is 723. The third-order valence-corrected chi connectivity index (χ3v) is 5.11. The van der Waals surface area contributed by atoms with E-state index in [4.69, 9.17) is 4.74 Å². The van der Waals surface area contributed by atoms with Crippen molar-refractivity contribution in [3.8, 4) is 5.75 Å². The van der Waals surface area contributed by atoms with E-state index >= 15 is 0 Å². The molecule has 2 rings (SSSR count). The summed E-state index contributed by atoms with van der Waals surface area (Å²) in [5.74, 6) is 0.847. The highest BCUT2D eigenvalue weighted by Gasteiger charge is 2.25. The van der Waals surface area contributed by atoms with E-state index < -0.39 is 12.1 Å². The Balaban J connectivity index is 1.85. The summed E-state index contributed by atoms with van der Waals surface area (Å²) in [6, 6.07) is 18.4. The highest BCUT2D eigenvalue weighted by Crippen LogP contribution is 2.18. The second kappa shape index (κ2) is 10.7. The predicted octanol–water partition coefficient (Wildman–Crippen LogP) is 4.10. The molecule has 0 aliphatic heterocycles. The van der Waals surface area contributed by atoms with Gasteiger partial charge in [-0.25, -0.2) is 4.79 Å². The summed E-state index contributed by atoms with van der Waals surface area (Å²) in [5.41, 5.74) is 0. The summed E-state index contributed by atoms with van der Waals surface area (Å²) in [5, 5.41) is 5.63. The first-order valence-electron chi connectivity index (χ1n) is 8.97. The number of benzene rings is 2. The van der Waals surface area contributed by atoms with Crippen LogP contribution < -0.4 is 15.4 Å². The smallest absolute Gasteiger partial charge is 0.410 e. The van der Waals surface area contributed by atoms with Gasteiger partial charge >= 0.3 is 6.09 Å². The Labute approximate surface area is 164 Å². The lowest BCUT2D eigenvalue weighted by Gasteiger charge is -2.25. The van der Waals surface area contributed by atoms with Crippen molar-refractivity contribution in [1.82, 2.24) is 10.6 Å². The van der Waals surface area contributed by atoms with E-state index in [0.29, 0.717) is 5.75 Å². The third kappa shape index (κ3) is 7.45. The van der Waals surface area contributed by atoms with Crippen LogP contribution in [0.4, 0.5) is 4.79 Å². The molecule has 5 nitrogen and oxygen atoms in total. The first-order valence-corrected chi connectivity index (χ1v) is 9.96. The highest BCUT2D eigenvalue weighted by atomic mass is 32.2. The number of rotatable bonds is 8. The molecular weight excluding hydrogens is 360 g/mol. The van der Waals surface area contributed by atoms with Gasteiger partial charge in [-0.1, -0.05) is 50.2 Å². The molecule has 2 atom stereocenters. The van der Waals surface area contributed by atoms with Crippen molar-refractivity contribution < 1.29 is 14.3 Å². The number of nitrogens with one attached hydrogen (secondary N) is 2. The SMILES string of the molecule is CC(CSc1ccccc1)N[C@H](C(=O)NC(=O)Oc1ccccc1)C(C)C. The third-order valence-electron chi connectivity index (χ3n) is 3.84. The van der Waals surface area contributed by atoms with Gasteiger partial charge in [-0.3, -0.25) is 10.1 Å². The van der Waals surface area contributed by atoms with Crippen LogP contribution in [0.5, 0.6) is 5.75 Å². The zero-order valence-electron chi connectivity index (χ0n) is 15.8. The van der Waals surface area contributed by atoms with Crippen LogP contribution in [-0.4, -0.2) is 29.8 Å². The average Bonchev–Trinajstić information content (AvgIpc) is 2.65. The van der Waals surface area contributed by atoms with Crippen molar-refractivity contribution in [2.24, 2.45) is 5.92 Å². The van der Waals surface area contributed by atoms with Crippen molar-refractivity contribution in [3.05, 3.63) is 60.7 Å². The molecule has 2 amide bonds. The van der Waals surface area contributed by atoms with Gasteiger partial charge in [-0.2, -0.15) is 0 Å². The molecule has 1 unspecified atom stereocenters. The van der Waals surface area contributed by atoms with Crippen LogP contribution in [0.15, 0.2) is 65.6 Å². The molecule has 0 aliphatic rings. The molecule has 6 heteroatoms. The molecule has 0 aliphatic carbocycles. The molecule has 0 saturated heterocycles. The van der Waals surface area contributed by atoms with Crippen LogP contribution in [0.1, 0.15) is 20.8 Å². The number of imide groups is 1. The fourth-order valence-electron chi connectivity index (χ4n) is 2.46. The van der Waals surface area contributed by atoms with Gasteiger partial charge in [0, 0.05) is 16.7 Å². The van der Waals surface area contributed by atoms with Gasteiger partial charge in [-0.15, -0.1) is 11.8 Å². The van der Waals surface area contributed by atoms with E-state index in [9.17, 15) is 9.59 Å². The Hall–Kier alpha value is -2.31. The molecule has 0 aromatic heterocycles.